The predicted molar refractivity (Wildman–Crippen MR) is 186 cm³/mol. The lowest BCUT2D eigenvalue weighted by Gasteiger charge is -2.07. The van der Waals surface area contributed by atoms with Crippen molar-refractivity contribution in [3.05, 3.63) is 119 Å². The largest absolute Gasteiger partial charge is 0.494 e. The minimum Gasteiger partial charge on any atom is -0.494 e. The normalized spacial score (nSPS) is 11.1. The summed E-state index contributed by atoms with van der Waals surface area (Å²) in [5.41, 5.74) is 2.75. The Morgan fingerprint density at radius 1 is 0.511 bits per heavy atom. The number of hydrogen-bond donors (Lipinski definition) is 0. The fraction of sp³-hybridized carbons (Fsp3) is 0.282. The average Bonchev–Trinajstić information content (AvgIpc) is 3.10. The molecule has 244 valence electrons. The second-order valence-corrected chi connectivity index (χ2v) is 10.8. The van der Waals surface area contributed by atoms with E-state index in [1.807, 2.05) is 24.3 Å². The maximum absolute atomic E-state index is 12.5. The minimum absolute atomic E-state index is 0.419. The van der Waals surface area contributed by atoms with Crippen LogP contribution in [0.15, 0.2) is 107 Å². The van der Waals surface area contributed by atoms with Crippen molar-refractivity contribution in [2.45, 2.75) is 46.0 Å². The first-order valence-corrected chi connectivity index (χ1v) is 16.1. The van der Waals surface area contributed by atoms with Gasteiger partial charge in [-0.05, 0) is 127 Å². The SMILES string of the molecule is CCCCOc1ccc(C(=O)Oc2ccc(C=NCCCN=Cc3ccc(OC(=O)c4ccc(OCCCC)cc4)cc3)cc2)cc1. The standard InChI is InChI=1S/C39H42N2O6/c1-3-5-26-44-34-20-12-32(13-21-34)38(42)46-36-16-8-30(9-17-36)28-40-24-7-25-41-29-31-10-18-37(19-11-31)47-39(43)33-14-22-35(23-15-33)45-27-6-4-2/h8-23,28-29H,3-7,24-27H2,1-2H3. The number of ether oxygens (including phenoxy) is 4. The fourth-order valence-electron chi connectivity index (χ4n) is 4.21. The second kappa shape index (κ2) is 19.3. The Labute approximate surface area is 277 Å². The first kappa shape index (κ1) is 34.6. The molecule has 0 aliphatic heterocycles. The summed E-state index contributed by atoms with van der Waals surface area (Å²) in [4.78, 5) is 33.9. The highest BCUT2D eigenvalue weighted by Gasteiger charge is 2.10. The highest BCUT2D eigenvalue weighted by atomic mass is 16.5. The second-order valence-electron chi connectivity index (χ2n) is 10.8. The highest BCUT2D eigenvalue weighted by Crippen LogP contribution is 2.18. The van der Waals surface area contributed by atoms with Gasteiger partial charge in [-0.3, -0.25) is 9.98 Å². The van der Waals surface area contributed by atoms with Crippen LogP contribution >= 0.6 is 0 Å². The number of nitrogens with zero attached hydrogens (tertiary/aromatic N) is 2. The smallest absolute Gasteiger partial charge is 0.343 e. The third-order valence-electron chi connectivity index (χ3n) is 6.95. The topological polar surface area (TPSA) is 95.8 Å². The fourth-order valence-corrected chi connectivity index (χ4v) is 4.21. The quantitative estimate of drug-likeness (QED) is 0.0472. The molecule has 0 radical (unpaired) electrons. The highest BCUT2D eigenvalue weighted by molar-refractivity contribution is 5.92. The van der Waals surface area contributed by atoms with Gasteiger partial charge in [-0.25, -0.2) is 9.59 Å². The van der Waals surface area contributed by atoms with Crippen LogP contribution in [0, 0.1) is 0 Å². The number of carbonyl (C=O) groups is 2. The van der Waals surface area contributed by atoms with Crippen molar-refractivity contribution >= 4 is 24.4 Å². The third-order valence-corrected chi connectivity index (χ3v) is 6.95. The molecule has 0 unspecified atom stereocenters. The molecule has 4 rings (SSSR count). The minimum atomic E-state index is -0.419. The van der Waals surface area contributed by atoms with Crippen LogP contribution in [-0.2, 0) is 0 Å². The molecular weight excluding hydrogens is 592 g/mol. The first-order valence-electron chi connectivity index (χ1n) is 16.1. The van der Waals surface area contributed by atoms with Crippen LogP contribution in [0.5, 0.6) is 23.0 Å². The Hall–Kier alpha value is -5.24. The van der Waals surface area contributed by atoms with Gasteiger partial charge >= 0.3 is 11.9 Å². The van der Waals surface area contributed by atoms with Crippen LogP contribution in [-0.4, -0.2) is 50.7 Å². The monoisotopic (exact) mass is 634 g/mol. The molecule has 0 N–H and O–H groups in total. The van der Waals surface area contributed by atoms with Crippen molar-refractivity contribution in [2.75, 3.05) is 26.3 Å². The zero-order chi connectivity index (χ0) is 33.1. The van der Waals surface area contributed by atoms with Gasteiger partial charge in [0.2, 0.25) is 0 Å². The number of benzene rings is 4. The van der Waals surface area contributed by atoms with Crippen molar-refractivity contribution in [3.8, 4) is 23.0 Å². The maximum Gasteiger partial charge on any atom is 0.343 e. The van der Waals surface area contributed by atoms with Gasteiger partial charge in [0.15, 0.2) is 0 Å². The molecule has 0 aromatic heterocycles. The molecule has 0 saturated heterocycles. The van der Waals surface area contributed by atoms with Crippen molar-refractivity contribution < 1.29 is 28.5 Å². The molecule has 8 nitrogen and oxygen atoms in total. The number of aliphatic imine (C=N–C) groups is 2. The molecule has 0 atom stereocenters. The van der Waals surface area contributed by atoms with Gasteiger partial charge in [0.25, 0.3) is 0 Å². The molecule has 47 heavy (non-hydrogen) atoms. The number of esters is 2. The summed E-state index contributed by atoms with van der Waals surface area (Å²) in [5, 5.41) is 0. The Bertz CT molecular complexity index is 1460. The Balaban J connectivity index is 1.12. The Kier molecular flexibility index (Phi) is 14.2. The van der Waals surface area contributed by atoms with Crippen molar-refractivity contribution in [1.29, 1.82) is 0 Å². The van der Waals surface area contributed by atoms with Gasteiger partial charge < -0.3 is 18.9 Å². The maximum atomic E-state index is 12.5. The number of unbranched alkanes of at least 4 members (excludes halogenated alkanes) is 2. The summed E-state index contributed by atoms with van der Waals surface area (Å²) in [6, 6.07) is 28.4. The molecule has 0 fully saturated rings. The summed E-state index contributed by atoms with van der Waals surface area (Å²) in [6.45, 7) is 6.81. The van der Waals surface area contributed by atoms with Gasteiger partial charge in [0.1, 0.15) is 23.0 Å². The van der Waals surface area contributed by atoms with E-state index in [4.69, 9.17) is 18.9 Å². The van der Waals surface area contributed by atoms with Crippen LogP contribution in [0.25, 0.3) is 0 Å². The van der Waals surface area contributed by atoms with Crippen LogP contribution < -0.4 is 18.9 Å². The van der Waals surface area contributed by atoms with E-state index in [0.717, 1.165) is 54.7 Å². The van der Waals surface area contributed by atoms with Crippen LogP contribution in [0.4, 0.5) is 0 Å². The van der Waals surface area contributed by atoms with Gasteiger partial charge in [-0.15, -0.1) is 0 Å². The molecule has 0 amide bonds. The van der Waals surface area contributed by atoms with Gasteiger partial charge in [-0.1, -0.05) is 26.7 Å². The van der Waals surface area contributed by atoms with E-state index in [0.29, 0.717) is 48.9 Å². The third kappa shape index (κ3) is 12.2. The molecular formula is C39H42N2O6. The van der Waals surface area contributed by atoms with E-state index in [1.165, 1.54) is 0 Å². The molecule has 8 heteroatoms. The lowest BCUT2D eigenvalue weighted by atomic mass is 10.2. The lowest BCUT2D eigenvalue weighted by Crippen LogP contribution is -2.08. The number of rotatable bonds is 18. The van der Waals surface area contributed by atoms with E-state index in [9.17, 15) is 9.59 Å². The Morgan fingerprint density at radius 3 is 1.23 bits per heavy atom. The van der Waals surface area contributed by atoms with E-state index < -0.39 is 11.9 Å². The predicted octanol–water partition coefficient (Wildman–Crippen LogP) is 8.41. The molecule has 0 aliphatic carbocycles. The molecule has 0 spiro atoms. The van der Waals surface area contributed by atoms with Crippen molar-refractivity contribution in [3.63, 3.8) is 0 Å². The molecule has 4 aromatic rings. The average molecular weight is 635 g/mol. The molecule has 0 saturated carbocycles. The van der Waals surface area contributed by atoms with Crippen molar-refractivity contribution in [2.24, 2.45) is 9.98 Å². The van der Waals surface area contributed by atoms with Crippen molar-refractivity contribution in [1.82, 2.24) is 0 Å². The number of carbonyl (C=O) groups excluding carboxylic acids is 2. The molecule has 0 aliphatic rings. The zero-order valence-electron chi connectivity index (χ0n) is 27.1. The van der Waals surface area contributed by atoms with Crippen LogP contribution in [0.2, 0.25) is 0 Å². The molecule has 0 bridgehead atoms. The van der Waals surface area contributed by atoms with E-state index >= 15 is 0 Å². The van der Waals surface area contributed by atoms with Gasteiger partial charge in [0.05, 0.1) is 24.3 Å². The summed E-state index contributed by atoms with van der Waals surface area (Å²) >= 11 is 0. The summed E-state index contributed by atoms with van der Waals surface area (Å²) < 4.78 is 22.3. The summed E-state index contributed by atoms with van der Waals surface area (Å²) in [5.74, 6) is 1.57. The molecule has 0 heterocycles. The van der Waals surface area contributed by atoms with Gasteiger partial charge in [0, 0.05) is 25.5 Å². The summed E-state index contributed by atoms with van der Waals surface area (Å²) in [7, 11) is 0. The number of hydrogen-bond acceptors (Lipinski definition) is 8. The van der Waals surface area contributed by atoms with E-state index in [2.05, 4.69) is 23.8 Å². The van der Waals surface area contributed by atoms with E-state index in [1.54, 1.807) is 85.2 Å². The van der Waals surface area contributed by atoms with Gasteiger partial charge in [-0.2, -0.15) is 0 Å². The van der Waals surface area contributed by atoms with Crippen LogP contribution in [0.3, 0.4) is 0 Å². The lowest BCUT2D eigenvalue weighted by molar-refractivity contribution is 0.0725. The summed E-state index contributed by atoms with van der Waals surface area (Å²) in [6.07, 6.45) is 8.50. The molecule has 4 aromatic carbocycles. The van der Waals surface area contributed by atoms with Crippen LogP contribution in [0.1, 0.15) is 77.8 Å². The van der Waals surface area contributed by atoms with E-state index in [-0.39, 0.29) is 0 Å². The zero-order valence-corrected chi connectivity index (χ0v) is 27.1. The Morgan fingerprint density at radius 2 is 0.872 bits per heavy atom. The first-order chi connectivity index (χ1) is 23.0.